The smallest absolute Gasteiger partial charge is 0.169 e. The molecular formula is C13H10Cl2O2S. The Morgan fingerprint density at radius 2 is 2.11 bits per heavy atom. The van der Waals surface area contributed by atoms with E-state index < -0.39 is 0 Å². The molecule has 0 aliphatic carbocycles. The Hall–Kier alpha value is -1.03. The van der Waals surface area contributed by atoms with Gasteiger partial charge in [-0.05, 0) is 23.6 Å². The average molecular weight is 301 g/mol. The van der Waals surface area contributed by atoms with Crippen molar-refractivity contribution in [2.75, 3.05) is 7.11 Å². The lowest BCUT2D eigenvalue weighted by Crippen LogP contribution is -2.04. The zero-order valence-corrected chi connectivity index (χ0v) is 11.9. The lowest BCUT2D eigenvalue weighted by Gasteiger charge is -2.08. The second-order valence-corrected chi connectivity index (χ2v) is 5.49. The number of carbonyl (C=O) groups is 1. The number of halogens is 2. The third-order valence-corrected chi connectivity index (χ3v) is 3.94. The van der Waals surface area contributed by atoms with Crippen LogP contribution in [0.15, 0.2) is 29.6 Å². The molecule has 1 aromatic carbocycles. The summed E-state index contributed by atoms with van der Waals surface area (Å²) < 4.78 is 5.09. The zero-order chi connectivity index (χ0) is 13.1. The molecule has 1 heterocycles. The van der Waals surface area contributed by atoms with Crippen molar-refractivity contribution >= 4 is 40.3 Å². The van der Waals surface area contributed by atoms with Crippen LogP contribution in [0.25, 0.3) is 0 Å². The molecule has 1 aromatic heterocycles. The zero-order valence-electron chi connectivity index (χ0n) is 9.57. The summed E-state index contributed by atoms with van der Waals surface area (Å²) in [5.74, 6) is 0.410. The first-order valence-corrected chi connectivity index (χ1v) is 6.84. The van der Waals surface area contributed by atoms with Crippen LogP contribution in [0.3, 0.4) is 0 Å². The number of benzene rings is 1. The van der Waals surface area contributed by atoms with Gasteiger partial charge in [0.05, 0.1) is 17.2 Å². The van der Waals surface area contributed by atoms with Crippen molar-refractivity contribution in [1.82, 2.24) is 0 Å². The molecule has 2 aromatic rings. The van der Waals surface area contributed by atoms with Gasteiger partial charge in [-0.25, -0.2) is 0 Å². The topological polar surface area (TPSA) is 26.3 Å². The number of ketones is 1. The van der Waals surface area contributed by atoms with E-state index in [9.17, 15) is 4.79 Å². The third-order valence-electron chi connectivity index (χ3n) is 2.46. The van der Waals surface area contributed by atoms with Crippen molar-refractivity contribution in [3.8, 4) is 5.75 Å². The van der Waals surface area contributed by atoms with Crippen LogP contribution in [0, 0.1) is 0 Å². The monoisotopic (exact) mass is 300 g/mol. The first-order chi connectivity index (χ1) is 8.61. The average Bonchev–Trinajstić information content (AvgIpc) is 2.81. The summed E-state index contributed by atoms with van der Waals surface area (Å²) >= 11 is 13.5. The Kier molecular flexibility index (Phi) is 4.27. The first kappa shape index (κ1) is 13.4. The molecule has 0 amide bonds. The molecule has 5 heteroatoms. The van der Waals surface area contributed by atoms with E-state index in [4.69, 9.17) is 27.9 Å². The fourth-order valence-electron chi connectivity index (χ4n) is 1.57. The van der Waals surface area contributed by atoms with Gasteiger partial charge in [0.2, 0.25) is 0 Å². The minimum atomic E-state index is -0.0441. The Morgan fingerprint density at radius 3 is 2.72 bits per heavy atom. The maximum Gasteiger partial charge on any atom is 0.169 e. The molecule has 2 rings (SSSR count). The van der Waals surface area contributed by atoms with Crippen molar-refractivity contribution in [1.29, 1.82) is 0 Å². The number of rotatable bonds is 4. The van der Waals surface area contributed by atoms with E-state index in [1.165, 1.54) is 13.2 Å². The Balaban J connectivity index is 2.30. The summed E-state index contributed by atoms with van der Waals surface area (Å²) in [4.78, 5) is 13.1. The lowest BCUT2D eigenvalue weighted by molar-refractivity contribution is 0.0993. The fraction of sp³-hybridized carbons (Fsp3) is 0.154. The SMILES string of the molecule is COc1cc(C(=O)Cc2cccs2)c(Cl)cc1Cl. The molecule has 0 unspecified atom stereocenters. The maximum atomic E-state index is 12.1. The van der Waals surface area contributed by atoms with Crippen LogP contribution < -0.4 is 4.74 Å². The molecule has 18 heavy (non-hydrogen) atoms. The largest absolute Gasteiger partial charge is 0.495 e. The number of hydrogen-bond donors (Lipinski definition) is 0. The molecule has 0 aliphatic heterocycles. The highest BCUT2D eigenvalue weighted by Gasteiger charge is 2.15. The standard InChI is InChI=1S/C13H10Cl2O2S/c1-17-13-6-9(10(14)7-11(13)15)12(16)5-8-3-2-4-18-8/h2-4,6-7H,5H2,1H3. The van der Waals surface area contributed by atoms with E-state index in [-0.39, 0.29) is 5.78 Å². The third kappa shape index (κ3) is 2.86. The van der Waals surface area contributed by atoms with Gasteiger partial charge in [-0.1, -0.05) is 29.3 Å². The van der Waals surface area contributed by atoms with Gasteiger partial charge in [0.25, 0.3) is 0 Å². The molecule has 2 nitrogen and oxygen atoms in total. The maximum absolute atomic E-state index is 12.1. The summed E-state index contributed by atoms with van der Waals surface area (Å²) in [5, 5.41) is 2.68. The van der Waals surface area contributed by atoms with Crippen LogP contribution in [-0.4, -0.2) is 12.9 Å². The van der Waals surface area contributed by atoms with Crippen LogP contribution in [0.1, 0.15) is 15.2 Å². The Bertz CT molecular complexity index is 565. The van der Waals surface area contributed by atoms with Crippen molar-refractivity contribution < 1.29 is 9.53 Å². The Morgan fingerprint density at radius 1 is 1.33 bits per heavy atom. The van der Waals surface area contributed by atoms with E-state index in [0.717, 1.165) is 4.88 Å². The van der Waals surface area contributed by atoms with Gasteiger partial charge in [0.15, 0.2) is 5.78 Å². The molecule has 0 radical (unpaired) electrons. The molecule has 0 aliphatic rings. The summed E-state index contributed by atoms with van der Waals surface area (Å²) in [6.07, 6.45) is 0.335. The molecule has 0 spiro atoms. The van der Waals surface area contributed by atoms with E-state index in [2.05, 4.69) is 0 Å². The van der Waals surface area contributed by atoms with Gasteiger partial charge < -0.3 is 4.74 Å². The van der Waals surface area contributed by atoms with Crippen LogP contribution in [0.4, 0.5) is 0 Å². The van der Waals surface area contributed by atoms with Gasteiger partial charge in [0.1, 0.15) is 5.75 Å². The summed E-state index contributed by atoms with van der Waals surface area (Å²) in [6, 6.07) is 6.95. The second-order valence-electron chi connectivity index (χ2n) is 3.65. The van der Waals surface area contributed by atoms with Crippen LogP contribution in [0.5, 0.6) is 5.75 Å². The number of hydrogen-bond acceptors (Lipinski definition) is 3. The minimum absolute atomic E-state index is 0.0441. The normalized spacial score (nSPS) is 10.4. The predicted octanol–water partition coefficient (Wildman–Crippen LogP) is 4.49. The summed E-state index contributed by atoms with van der Waals surface area (Å²) in [6.45, 7) is 0. The Labute approximate surface area is 119 Å². The lowest BCUT2D eigenvalue weighted by atomic mass is 10.1. The molecule has 94 valence electrons. The van der Waals surface area contributed by atoms with Crippen molar-refractivity contribution in [3.05, 3.63) is 50.1 Å². The quantitative estimate of drug-likeness (QED) is 0.778. The molecule has 0 atom stereocenters. The van der Waals surface area contributed by atoms with E-state index in [0.29, 0.717) is 27.8 Å². The van der Waals surface area contributed by atoms with Crippen LogP contribution in [-0.2, 0) is 6.42 Å². The molecule has 0 bridgehead atoms. The van der Waals surface area contributed by atoms with Crippen molar-refractivity contribution in [2.45, 2.75) is 6.42 Å². The highest BCUT2D eigenvalue weighted by molar-refractivity contribution is 7.10. The number of ether oxygens (including phenoxy) is 1. The number of carbonyl (C=O) groups excluding carboxylic acids is 1. The minimum Gasteiger partial charge on any atom is -0.495 e. The van der Waals surface area contributed by atoms with Gasteiger partial charge >= 0.3 is 0 Å². The van der Waals surface area contributed by atoms with Crippen molar-refractivity contribution in [2.24, 2.45) is 0 Å². The number of thiophene rings is 1. The molecule has 0 fully saturated rings. The molecule has 0 saturated carbocycles. The second kappa shape index (κ2) is 5.74. The van der Waals surface area contributed by atoms with Crippen LogP contribution >= 0.6 is 34.5 Å². The van der Waals surface area contributed by atoms with E-state index in [1.54, 1.807) is 17.4 Å². The summed E-state index contributed by atoms with van der Waals surface area (Å²) in [5.41, 5.74) is 0.436. The number of Topliss-reactive ketones (excluding diaryl/α,β-unsaturated/α-hetero) is 1. The number of methoxy groups -OCH3 is 1. The van der Waals surface area contributed by atoms with Gasteiger partial charge in [-0.2, -0.15) is 0 Å². The molecular weight excluding hydrogens is 291 g/mol. The fourth-order valence-corrected chi connectivity index (χ4v) is 2.84. The van der Waals surface area contributed by atoms with Crippen molar-refractivity contribution in [3.63, 3.8) is 0 Å². The van der Waals surface area contributed by atoms with E-state index in [1.807, 2.05) is 17.5 Å². The van der Waals surface area contributed by atoms with Gasteiger partial charge in [-0.3, -0.25) is 4.79 Å². The summed E-state index contributed by atoms with van der Waals surface area (Å²) in [7, 11) is 1.50. The highest BCUT2D eigenvalue weighted by atomic mass is 35.5. The van der Waals surface area contributed by atoms with Crippen LogP contribution in [0.2, 0.25) is 10.0 Å². The predicted molar refractivity (Wildman–Crippen MR) is 75.4 cm³/mol. The van der Waals surface area contributed by atoms with Gasteiger partial charge in [0, 0.05) is 16.9 Å². The first-order valence-electron chi connectivity index (χ1n) is 5.20. The van der Waals surface area contributed by atoms with E-state index >= 15 is 0 Å². The van der Waals surface area contributed by atoms with Gasteiger partial charge in [-0.15, -0.1) is 11.3 Å². The molecule has 0 saturated heterocycles. The highest BCUT2D eigenvalue weighted by Crippen LogP contribution is 2.31. The molecule has 0 N–H and O–H groups in total.